The number of hydrogen-bond donors (Lipinski definition) is 1. The van der Waals surface area contributed by atoms with E-state index in [1.165, 1.54) is 0 Å². The van der Waals surface area contributed by atoms with Crippen LogP contribution in [0.25, 0.3) is 0 Å². The average Bonchev–Trinajstić information content (AvgIpc) is 3.09. The first-order valence-corrected chi connectivity index (χ1v) is 12.8. The first-order chi connectivity index (χ1) is 11.2. The quantitative estimate of drug-likeness (QED) is 0.747. The summed E-state index contributed by atoms with van der Waals surface area (Å²) in [5, 5.41) is 4.16. The number of nitrogens with one attached hydrogen (secondary N) is 1. The van der Waals surface area contributed by atoms with Crippen LogP contribution in [0, 0.1) is 0 Å². The van der Waals surface area contributed by atoms with Crippen molar-refractivity contribution in [2.45, 2.75) is 62.8 Å². The first-order valence-electron chi connectivity index (χ1n) is 8.60. The SMILES string of the molecule is C[Si](C)(C)O[C@]1(C2(c3ccc(Cl)c(Cl)c3)CCCC2)CNC(=O)C1. The number of carbonyl (C=O) groups excluding carboxylic acids is 1. The van der Waals surface area contributed by atoms with E-state index >= 15 is 0 Å². The topological polar surface area (TPSA) is 38.3 Å². The second-order valence-corrected chi connectivity index (χ2v) is 13.3. The van der Waals surface area contributed by atoms with E-state index in [9.17, 15) is 4.79 Å². The van der Waals surface area contributed by atoms with Gasteiger partial charge in [-0.3, -0.25) is 4.79 Å². The molecule has 0 radical (unpaired) electrons. The Labute approximate surface area is 155 Å². The molecule has 2 aliphatic rings. The van der Waals surface area contributed by atoms with E-state index in [-0.39, 0.29) is 11.3 Å². The van der Waals surface area contributed by atoms with Gasteiger partial charge in [-0.15, -0.1) is 0 Å². The highest BCUT2D eigenvalue weighted by Crippen LogP contribution is 2.54. The van der Waals surface area contributed by atoms with Crippen molar-refractivity contribution in [2.24, 2.45) is 0 Å². The van der Waals surface area contributed by atoms with E-state index in [0.717, 1.165) is 31.2 Å². The molecule has 1 amide bonds. The van der Waals surface area contributed by atoms with Gasteiger partial charge in [0.25, 0.3) is 0 Å². The third-order valence-corrected chi connectivity index (χ3v) is 7.06. The summed E-state index contributed by atoms with van der Waals surface area (Å²) in [5.74, 6) is 0.0829. The molecule has 1 saturated heterocycles. The van der Waals surface area contributed by atoms with E-state index in [0.29, 0.717) is 23.0 Å². The fourth-order valence-electron chi connectivity index (χ4n) is 4.50. The normalized spacial score (nSPS) is 26.6. The molecule has 1 aromatic carbocycles. The Bertz CT molecular complexity index is 653. The summed E-state index contributed by atoms with van der Waals surface area (Å²) in [6.45, 7) is 7.15. The van der Waals surface area contributed by atoms with Gasteiger partial charge < -0.3 is 9.74 Å². The molecular weight excluding hydrogens is 361 g/mol. The summed E-state index contributed by atoms with van der Waals surface area (Å²) in [4.78, 5) is 12.2. The molecule has 1 heterocycles. The van der Waals surface area contributed by atoms with E-state index in [1.807, 2.05) is 12.1 Å². The number of benzene rings is 1. The molecule has 1 aliphatic carbocycles. The van der Waals surface area contributed by atoms with Gasteiger partial charge in [-0.05, 0) is 50.2 Å². The Morgan fingerprint density at radius 1 is 1.12 bits per heavy atom. The van der Waals surface area contributed by atoms with Crippen LogP contribution in [0.15, 0.2) is 18.2 Å². The van der Waals surface area contributed by atoms with Crippen LogP contribution in [0.5, 0.6) is 0 Å². The second-order valence-electron chi connectivity index (χ2n) is 8.08. The van der Waals surface area contributed by atoms with Gasteiger partial charge in [0.05, 0.1) is 22.1 Å². The molecule has 24 heavy (non-hydrogen) atoms. The molecule has 0 bridgehead atoms. The van der Waals surface area contributed by atoms with Gasteiger partial charge in [-0.1, -0.05) is 42.1 Å². The lowest BCUT2D eigenvalue weighted by Gasteiger charge is -2.49. The van der Waals surface area contributed by atoms with Gasteiger partial charge in [-0.2, -0.15) is 0 Å². The summed E-state index contributed by atoms with van der Waals surface area (Å²) in [7, 11) is -1.85. The molecule has 0 unspecified atom stereocenters. The van der Waals surface area contributed by atoms with E-state index in [2.05, 4.69) is 31.0 Å². The van der Waals surface area contributed by atoms with Crippen molar-refractivity contribution in [1.29, 1.82) is 0 Å². The van der Waals surface area contributed by atoms with Crippen molar-refractivity contribution in [3.8, 4) is 0 Å². The van der Waals surface area contributed by atoms with Gasteiger partial charge in [0, 0.05) is 12.0 Å². The highest BCUT2D eigenvalue weighted by Gasteiger charge is 2.59. The van der Waals surface area contributed by atoms with E-state index < -0.39 is 13.9 Å². The molecule has 3 nitrogen and oxygen atoms in total. The second kappa shape index (κ2) is 6.31. The zero-order valence-electron chi connectivity index (χ0n) is 14.5. The van der Waals surface area contributed by atoms with Crippen LogP contribution in [-0.4, -0.2) is 26.4 Å². The Morgan fingerprint density at radius 3 is 2.29 bits per heavy atom. The minimum atomic E-state index is -1.85. The molecular formula is C18H25Cl2NO2Si. The molecule has 132 valence electrons. The van der Waals surface area contributed by atoms with E-state index in [4.69, 9.17) is 27.6 Å². The van der Waals surface area contributed by atoms with Crippen molar-refractivity contribution in [2.75, 3.05) is 6.54 Å². The van der Waals surface area contributed by atoms with Crippen molar-refractivity contribution in [3.63, 3.8) is 0 Å². The highest BCUT2D eigenvalue weighted by atomic mass is 35.5. The largest absolute Gasteiger partial charge is 0.409 e. The molecule has 1 saturated carbocycles. The Kier molecular flexibility index (Phi) is 4.80. The predicted molar refractivity (Wildman–Crippen MR) is 101 cm³/mol. The van der Waals surface area contributed by atoms with Crippen molar-refractivity contribution >= 4 is 37.4 Å². The maximum Gasteiger partial charge on any atom is 0.223 e. The first kappa shape index (κ1) is 18.2. The van der Waals surface area contributed by atoms with Gasteiger partial charge in [-0.25, -0.2) is 0 Å². The van der Waals surface area contributed by atoms with Crippen LogP contribution in [0.2, 0.25) is 29.7 Å². The molecule has 0 spiro atoms. The summed E-state index contributed by atoms with van der Waals surface area (Å²) < 4.78 is 6.75. The number of amides is 1. The third-order valence-electron chi connectivity index (χ3n) is 5.32. The minimum absolute atomic E-state index is 0.0829. The standard InChI is InChI=1S/C18H25Cl2NO2Si/c1-24(2,3)23-18(11-16(22)21-12-18)17(8-4-5-9-17)13-6-7-14(19)15(20)10-13/h6-7,10H,4-5,8-9,11-12H2,1-3H3,(H,21,22)/t18-/m0/s1. The minimum Gasteiger partial charge on any atom is -0.409 e. The third kappa shape index (κ3) is 3.14. The van der Waals surface area contributed by atoms with Crippen LogP contribution in [-0.2, 0) is 14.6 Å². The zero-order valence-corrected chi connectivity index (χ0v) is 17.1. The molecule has 0 aromatic heterocycles. The van der Waals surface area contributed by atoms with Crippen LogP contribution >= 0.6 is 23.2 Å². The predicted octanol–water partition coefficient (Wildman–Crippen LogP) is 4.92. The Hall–Kier alpha value is -0.553. The van der Waals surface area contributed by atoms with Crippen LogP contribution in [0.4, 0.5) is 0 Å². The molecule has 6 heteroatoms. The van der Waals surface area contributed by atoms with Gasteiger partial charge >= 0.3 is 0 Å². The molecule has 1 N–H and O–H groups in total. The monoisotopic (exact) mass is 385 g/mol. The lowest BCUT2D eigenvalue weighted by molar-refractivity contribution is -0.121. The van der Waals surface area contributed by atoms with Gasteiger partial charge in [0.15, 0.2) is 8.32 Å². The van der Waals surface area contributed by atoms with Gasteiger partial charge in [0.1, 0.15) is 0 Å². The number of carbonyl (C=O) groups is 1. The lowest BCUT2D eigenvalue weighted by Crippen LogP contribution is -2.57. The summed E-state index contributed by atoms with van der Waals surface area (Å²) in [5.41, 5.74) is 0.493. The van der Waals surface area contributed by atoms with Crippen LogP contribution in [0.3, 0.4) is 0 Å². The molecule has 2 fully saturated rings. The van der Waals surface area contributed by atoms with Gasteiger partial charge in [0.2, 0.25) is 5.91 Å². The van der Waals surface area contributed by atoms with Crippen LogP contribution < -0.4 is 5.32 Å². The lowest BCUT2D eigenvalue weighted by atomic mass is 9.65. The Morgan fingerprint density at radius 2 is 1.79 bits per heavy atom. The average molecular weight is 386 g/mol. The number of hydrogen-bond acceptors (Lipinski definition) is 2. The summed E-state index contributed by atoms with van der Waals surface area (Å²) in [6, 6.07) is 5.91. The smallest absolute Gasteiger partial charge is 0.223 e. The van der Waals surface area contributed by atoms with E-state index in [1.54, 1.807) is 0 Å². The molecule has 1 atom stereocenters. The Balaban J connectivity index is 2.13. The highest BCUT2D eigenvalue weighted by molar-refractivity contribution is 6.69. The summed E-state index contributed by atoms with van der Waals surface area (Å²) in [6.07, 6.45) is 4.75. The fourth-order valence-corrected chi connectivity index (χ4v) is 6.31. The number of halogens is 2. The van der Waals surface area contributed by atoms with Crippen molar-refractivity contribution < 1.29 is 9.22 Å². The molecule has 1 aliphatic heterocycles. The maximum absolute atomic E-state index is 12.2. The fraction of sp³-hybridized carbons (Fsp3) is 0.611. The molecule has 1 aromatic rings. The number of rotatable bonds is 4. The van der Waals surface area contributed by atoms with Crippen LogP contribution in [0.1, 0.15) is 37.7 Å². The molecule has 3 rings (SSSR count). The van der Waals surface area contributed by atoms with Crippen molar-refractivity contribution in [1.82, 2.24) is 5.32 Å². The summed E-state index contributed by atoms with van der Waals surface area (Å²) >= 11 is 12.5. The van der Waals surface area contributed by atoms with Crippen molar-refractivity contribution in [3.05, 3.63) is 33.8 Å². The maximum atomic E-state index is 12.2. The zero-order chi connectivity index (χ0) is 17.6.